The number of pyridine rings is 1. The molecule has 8 nitrogen and oxygen atoms in total. The van der Waals surface area contributed by atoms with E-state index in [2.05, 4.69) is 22.3 Å². The highest BCUT2D eigenvalue weighted by Gasteiger charge is 2.27. The molecule has 3 aliphatic rings. The second-order valence-electron chi connectivity index (χ2n) is 9.46. The molecule has 1 aliphatic heterocycles. The maximum Gasteiger partial charge on any atom is 0.290 e. The largest absolute Gasteiger partial charge is 0.493 e. The first kappa shape index (κ1) is 24.5. The van der Waals surface area contributed by atoms with E-state index < -0.39 is 0 Å². The standard InChI is InChI=1S/C25H35N3O3.CH2O2/c1-30-23-15-21-19-6-4-7-20(19)25(26-17-8-9-18(29)14-17)27-22(21)16-24(23)31-13-5-12-28-10-2-3-11-28;2-1-3/h15-18,29H,2-14H2,1H3,(H,26,27);1H,(H,2,3). The number of rotatable bonds is 8. The number of nitrogens with one attached hydrogen (secondary N) is 1. The third-order valence-electron chi connectivity index (χ3n) is 7.16. The van der Waals surface area contributed by atoms with Gasteiger partial charge in [-0.2, -0.15) is 0 Å². The average molecular weight is 472 g/mol. The molecule has 2 heterocycles. The van der Waals surface area contributed by atoms with Gasteiger partial charge in [-0.1, -0.05) is 0 Å². The predicted molar refractivity (Wildman–Crippen MR) is 132 cm³/mol. The van der Waals surface area contributed by atoms with E-state index in [4.69, 9.17) is 24.4 Å². The van der Waals surface area contributed by atoms with E-state index in [0.717, 1.165) is 74.3 Å². The maximum absolute atomic E-state index is 9.92. The van der Waals surface area contributed by atoms with Crippen LogP contribution in [0.1, 0.15) is 56.1 Å². The smallest absolute Gasteiger partial charge is 0.290 e. The lowest BCUT2D eigenvalue weighted by Gasteiger charge is -2.19. The van der Waals surface area contributed by atoms with Crippen LogP contribution in [-0.2, 0) is 17.6 Å². The molecule has 0 spiro atoms. The summed E-state index contributed by atoms with van der Waals surface area (Å²) in [7, 11) is 1.72. The van der Waals surface area contributed by atoms with Crippen molar-refractivity contribution in [2.75, 3.05) is 38.7 Å². The number of carboxylic acid groups (broad SMARTS) is 1. The van der Waals surface area contributed by atoms with Gasteiger partial charge in [0.25, 0.3) is 6.47 Å². The fraction of sp³-hybridized carbons (Fsp3) is 0.615. The number of nitrogens with zero attached hydrogens (tertiary/aromatic N) is 2. The van der Waals surface area contributed by atoms with Crippen LogP contribution in [0.4, 0.5) is 5.82 Å². The van der Waals surface area contributed by atoms with Crippen molar-refractivity contribution in [3.8, 4) is 11.5 Å². The zero-order valence-electron chi connectivity index (χ0n) is 20.1. The van der Waals surface area contributed by atoms with Crippen LogP contribution < -0.4 is 14.8 Å². The van der Waals surface area contributed by atoms with Gasteiger partial charge in [-0.15, -0.1) is 0 Å². The van der Waals surface area contributed by atoms with Crippen molar-refractivity contribution in [2.24, 2.45) is 0 Å². The van der Waals surface area contributed by atoms with Crippen LogP contribution in [0.5, 0.6) is 11.5 Å². The highest BCUT2D eigenvalue weighted by atomic mass is 16.5. The van der Waals surface area contributed by atoms with E-state index in [9.17, 15) is 5.11 Å². The third-order valence-corrected chi connectivity index (χ3v) is 7.16. The van der Waals surface area contributed by atoms with E-state index in [1.165, 1.54) is 42.4 Å². The Hall–Kier alpha value is -2.58. The van der Waals surface area contributed by atoms with E-state index in [1.54, 1.807) is 7.11 Å². The molecule has 1 aromatic carbocycles. The lowest BCUT2D eigenvalue weighted by Crippen LogP contribution is -2.22. The van der Waals surface area contributed by atoms with Crippen molar-refractivity contribution in [1.82, 2.24) is 9.88 Å². The highest BCUT2D eigenvalue weighted by molar-refractivity contribution is 5.89. The van der Waals surface area contributed by atoms with Crippen LogP contribution in [0, 0.1) is 0 Å². The van der Waals surface area contributed by atoms with Crippen molar-refractivity contribution >= 4 is 23.2 Å². The first-order valence-corrected chi connectivity index (χ1v) is 12.5. The Morgan fingerprint density at radius 3 is 2.62 bits per heavy atom. The van der Waals surface area contributed by atoms with Crippen molar-refractivity contribution in [3.05, 3.63) is 23.3 Å². The third kappa shape index (κ3) is 5.73. The summed E-state index contributed by atoms with van der Waals surface area (Å²) in [6, 6.07) is 4.48. The Morgan fingerprint density at radius 2 is 1.91 bits per heavy atom. The number of hydrogen-bond donors (Lipinski definition) is 3. The molecule has 5 rings (SSSR count). The number of aromatic nitrogens is 1. The van der Waals surface area contributed by atoms with Crippen LogP contribution >= 0.6 is 0 Å². The summed E-state index contributed by atoms with van der Waals surface area (Å²) in [4.78, 5) is 15.9. The van der Waals surface area contributed by atoms with Crippen LogP contribution in [0.3, 0.4) is 0 Å². The van der Waals surface area contributed by atoms with Crippen LogP contribution in [-0.4, -0.2) is 72.1 Å². The predicted octanol–water partition coefficient (Wildman–Crippen LogP) is 3.62. The second kappa shape index (κ2) is 11.7. The fourth-order valence-corrected chi connectivity index (χ4v) is 5.52. The number of aryl methyl sites for hydroxylation is 1. The van der Waals surface area contributed by atoms with E-state index >= 15 is 0 Å². The Balaban J connectivity index is 0.000000868. The summed E-state index contributed by atoms with van der Waals surface area (Å²) in [5.74, 6) is 2.58. The van der Waals surface area contributed by atoms with Gasteiger partial charge in [-0.25, -0.2) is 4.98 Å². The minimum Gasteiger partial charge on any atom is -0.493 e. The van der Waals surface area contributed by atoms with Crippen LogP contribution in [0.15, 0.2) is 12.1 Å². The number of aliphatic hydroxyl groups is 1. The summed E-state index contributed by atoms with van der Waals surface area (Å²) >= 11 is 0. The van der Waals surface area contributed by atoms with Gasteiger partial charge in [0.2, 0.25) is 0 Å². The fourth-order valence-electron chi connectivity index (χ4n) is 5.52. The number of hydrogen-bond acceptors (Lipinski definition) is 7. The highest BCUT2D eigenvalue weighted by Crippen LogP contribution is 2.40. The number of methoxy groups -OCH3 is 1. The minimum atomic E-state index is -0.250. The summed E-state index contributed by atoms with van der Waals surface area (Å²) < 4.78 is 11.8. The average Bonchev–Trinajstić information content (AvgIpc) is 3.59. The molecule has 0 bridgehead atoms. The Bertz CT molecular complexity index is 977. The topological polar surface area (TPSA) is 104 Å². The van der Waals surface area contributed by atoms with Gasteiger partial charge in [0, 0.05) is 24.0 Å². The molecule has 3 N–H and O–H groups in total. The molecule has 2 aromatic rings. The van der Waals surface area contributed by atoms with Crippen LogP contribution in [0.2, 0.25) is 0 Å². The summed E-state index contributed by atoms with van der Waals surface area (Å²) in [5, 5.41) is 21.6. The molecule has 34 heavy (non-hydrogen) atoms. The molecular formula is C26H37N3O5. The van der Waals surface area contributed by atoms with Gasteiger partial charge in [-0.3, -0.25) is 4.79 Å². The normalized spacial score (nSPS) is 21.7. The molecule has 0 amide bonds. The Morgan fingerprint density at radius 1 is 1.15 bits per heavy atom. The number of ether oxygens (including phenoxy) is 2. The van der Waals surface area contributed by atoms with E-state index in [-0.39, 0.29) is 12.6 Å². The van der Waals surface area contributed by atoms with Crippen molar-refractivity contribution in [3.63, 3.8) is 0 Å². The van der Waals surface area contributed by atoms with Gasteiger partial charge in [0.1, 0.15) is 5.82 Å². The Kier molecular flexibility index (Phi) is 8.45. The lowest BCUT2D eigenvalue weighted by molar-refractivity contribution is -0.122. The molecule has 1 saturated carbocycles. The van der Waals surface area contributed by atoms with Gasteiger partial charge < -0.3 is 29.9 Å². The molecule has 0 radical (unpaired) electrons. The molecular weight excluding hydrogens is 434 g/mol. The van der Waals surface area contributed by atoms with Gasteiger partial charge in [0.05, 0.1) is 25.3 Å². The van der Waals surface area contributed by atoms with E-state index in [0.29, 0.717) is 12.6 Å². The van der Waals surface area contributed by atoms with Gasteiger partial charge >= 0.3 is 0 Å². The number of likely N-dealkylation sites (tertiary alicyclic amines) is 1. The number of fused-ring (bicyclic) bond motifs is 3. The molecule has 8 heteroatoms. The molecule has 2 fully saturated rings. The first-order valence-electron chi connectivity index (χ1n) is 12.5. The number of aliphatic hydroxyl groups excluding tert-OH is 1. The van der Waals surface area contributed by atoms with Gasteiger partial charge in [-0.05, 0) is 88.1 Å². The zero-order valence-corrected chi connectivity index (χ0v) is 20.1. The van der Waals surface area contributed by atoms with Crippen LogP contribution in [0.25, 0.3) is 10.9 Å². The monoisotopic (exact) mass is 471 g/mol. The quantitative estimate of drug-likeness (QED) is 0.396. The molecule has 2 atom stereocenters. The van der Waals surface area contributed by atoms with Crippen molar-refractivity contribution in [2.45, 2.75) is 69.9 Å². The SMILES string of the molecule is COc1cc2c3c(c(NC4CCC(O)C4)nc2cc1OCCCN1CCCC1)CCC3.O=CO. The molecule has 186 valence electrons. The van der Waals surface area contributed by atoms with Gasteiger partial charge in [0.15, 0.2) is 11.5 Å². The number of anilines is 1. The Labute approximate surface area is 201 Å². The second-order valence-corrected chi connectivity index (χ2v) is 9.46. The molecule has 2 unspecified atom stereocenters. The van der Waals surface area contributed by atoms with Crippen molar-refractivity contribution < 1.29 is 24.5 Å². The minimum absolute atomic E-state index is 0.184. The first-order chi connectivity index (χ1) is 16.6. The maximum atomic E-state index is 9.92. The molecule has 2 aliphatic carbocycles. The molecule has 1 aromatic heterocycles. The summed E-state index contributed by atoms with van der Waals surface area (Å²) in [6.45, 7) is 3.99. The summed E-state index contributed by atoms with van der Waals surface area (Å²) in [6.07, 6.45) is 9.48. The molecule has 1 saturated heterocycles. The van der Waals surface area contributed by atoms with Crippen molar-refractivity contribution in [1.29, 1.82) is 0 Å². The number of carbonyl (C=O) groups is 1. The summed E-state index contributed by atoms with van der Waals surface area (Å²) in [5.41, 5.74) is 3.71. The zero-order chi connectivity index (χ0) is 23.9. The van der Waals surface area contributed by atoms with E-state index in [1.807, 2.05) is 0 Å². The lowest BCUT2D eigenvalue weighted by atomic mass is 10.0. The number of benzene rings is 1.